The normalized spacial score (nSPS) is 12.6. The average Bonchev–Trinajstić information content (AvgIpc) is 2.82. The molecule has 0 saturated carbocycles. The summed E-state index contributed by atoms with van der Waals surface area (Å²) in [4.78, 5) is 13.2. The zero-order chi connectivity index (χ0) is 25.8. The Morgan fingerprint density at radius 2 is 1.63 bits per heavy atom. The first-order chi connectivity index (χ1) is 16.4. The first-order valence-corrected chi connectivity index (χ1v) is 13.0. The number of hydrogen-bond donors (Lipinski definition) is 1. The lowest BCUT2D eigenvalue weighted by molar-refractivity contribution is -0.120. The summed E-state index contributed by atoms with van der Waals surface area (Å²) >= 11 is 0. The quantitative estimate of drug-likeness (QED) is 0.457. The summed E-state index contributed by atoms with van der Waals surface area (Å²) in [6.07, 6.45) is 0. The maximum Gasteiger partial charge on any atom is 0.264 e. The van der Waals surface area contributed by atoms with Gasteiger partial charge in [-0.2, -0.15) is 0 Å². The predicted octanol–water partition coefficient (Wildman–Crippen LogP) is 5.37. The number of amides is 1. The molecule has 0 saturated heterocycles. The molecule has 6 nitrogen and oxygen atoms in total. The number of sulfonamides is 1. The van der Waals surface area contributed by atoms with Crippen LogP contribution in [0.2, 0.25) is 0 Å². The number of carbonyl (C=O) groups excluding carboxylic acids is 1. The van der Waals surface area contributed by atoms with Crippen LogP contribution in [0.25, 0.3) is 0 Å². The van der Waals surface area contributed by atoms with E-state index in [9.17, 15) is 13.2 Å². The molecule has 3 aromatic rings. The summed E-state index contributed by atoms with van der Waals surface area (Å²) in [5.74, 6) is 0.0928. The van der Waals surface area contributed by atoms with E-state index in [0.29, 0.717) is 11.4 Å². The zero-order valence-electron chi connectivity index (χ0n) is 21.2. The summed E-state index contributed by atoms with van der Waals surface area (Å²) < 4.78 is 33.5. The molecule has 0 unspecified atom stereocenters. The van der Waals surface area contributed by atoms with Crippen LogP contribution in [-0.4, -0.2) is 28.0 Å². The van der Waals surface area contributed by atoms with E-state index in [4.69, 9.17) is 4.74 Å². The van der Waals surface area contributed by atoms with Crippen molar-refractivity contribution < 1.29 is 17.9 Å². The number of rotatable bonds is 8. The minimum Gasteiger partial charge on any atom is -0.497 e. The monoisotopic (exact) mass is 494 g/mol. The van der Waals surface area contributed by atoms with Crippen LogP contribution in [0.15, 0.2) is 77.7 Å². The van der Waals surface area contributed by atoms with E-state index in [1.165, 1.54) is 12.7 Å². The lowest BCUT2D eigenvalue weighted by Crippen LogP contribution is -2.41. The number of carbonyl (C=O) groups is 1. The summed E-state index contributed by atoms with van der Waals surface area (Å²) in [6, 6.07) is 21.1. The average molecular weight is 495 g/mol. The highest BCUT2D eigenvalue weighted by atomic mass is 32.2. The van der Waals surface area contributed by atoms with Crippen LogP contribution in [0.4, 0.5) is 5.69 Å². The van der Waals surface area contributed by atoms with E-state index < -0.39 is 15.9 Å². The SMILES string of the molecule is COc1cccc(N(CC(=O)N[C@H](C)c2ccc(C(C)(C)C)cc2)S(=O)(=O)c2ccc(C)cc2)c1. The van der Waals surface area contributed by atoms with Gasteiger partial charge in [-0.3, -0.25) is 9.10 Å². The van der Waals surface area contributed by atoms with E-state index in [2.05, 4.69) is 38.2 Å². The van der Waals surface area contributed by atoms with Crippen molar-refractivity contribution in [2.75, 3.05) is 18.0 Å². The molecular formula is C28H34N2O4S. The highest BCUT2D eigenvalue weighted by molar-refractivity contribution is 7.92. The van der Waals surface area contributed by atoms with Crippen LogP contribution >= 0.6 is 0 Å². The first-order valence-electron chi connectivity index (χ1n) is 11.5. The Kier molecular flexibility index (Phi) is 7.90. The van der Waals surface area contributed by atoms with Gasteiger partial charge in [0.15, 0.2) is 0 Å². The van der Waals surface area contributed by atoms with Crippen LogP contribution in [-0.2, 0) is 20.2 Å². The van der Waals surface area contributed by atoms with Gasteiger partial charge in [0.25, 0.3) is 10.0 Å². The van der Waals surface area contributed by atoms with Crippen LogP contribution in [0.5, 0.6) is 5.75 Å². The van der Waals surface area contributed by atoms with E-state index in [0.717, 1.165) is 15.4 Å². The standard InChI is InChI=1S/C28H34N2O4S/c1-20-10-16-26(17-11-20)35(32,33)30(24-8-7-9-25(18-24)34-6)19-27(31)29-21(2)22-12-14-23(15-13-22)28(3,4)5/h7-18,21H,19H2,1-6H3,(H,29,31)/t21-/m1/s1. The molecular weight excluding hydrogens is 460 g/mol. The Hall–Kier alpha value is -3.32. The van der Waals surface area contributed by atoms with Crippen LogP contribution in [0.3, 0.4) is 0 Å². The minimum absolute atomic E-state index is 0.0343. The van der Waals surface area contributed by atoms with Crippen molar-refractivity contribution >= 4 is 21.6 Å². The Bertz CT molecular complexity index is 1260. The van der Waals surface area contributed by atoms with Crippen molar-refractivity contribution in [2.24, 2.45) is 0 Å². The molecule has 0 heterocycles. The highest BCUT2D eigenvalue weighted by Gasteiger charge is 2.28. The second kappa shape index (κ2) is 10.5. The van der Waals surface area contributed by atoms with Gasteiger partial charge in [0.2, 0.25) is 5.91 Å². The van der Waals surface area contributed by atoms with Gasteiger partial charge in [0.1, 0.15) is 12.3 Å². The van der Waals surface area contributed by atoms with Crippen LogP contribution < -0.4 is 14.4 Å². The van der Waals surface area contributed by atoms with Crippen molar-refractivity contribution in [3.05, 3.63) is 89.5 Å². The summed E-state index contributed by atoms with van der Waals surface area (Å²) in [5.41, 5.74) is 3.48. The topological polar surface area (TPSA) is 75.7 Å². The summed E-state index contributed by atoms with van der Waals surface area (Å²) in [7, 11) is -2.49. The van der Waals surface area contributed by atoms with Gasteiger partial charge in [-0.05, 0) is 54.7 Å². The van der Waals surface area contributed by atoms with Crippen LogP contribution in [0, 0.1) is 6.92 Å². The van der Waals surface area contributed by atoms with Gasteiger partial charge in [0.05, 0.1) is 23.7 Å². The number of nitrogens with zero attached hydrogens (tertiary/aromatic N) is 1. The molecule has 186 valence electrons. The molecule has 0 aliphatic rings. The Morgan fingerprint density at radius 3 is 2.20 bits per heavy atom. The third-order valence-corrected chi connectivity index (χ3v) is 7.68. The van der Waals surface area contributed by atoms with Crippen molar-refractivity contribution in [1.82, 2.24) is 5.32 Å². The molecule has 1 atom stereocenters. The number of ether oxygens (including phenoxy) is 1. The molecule has 0 radical (unpaired) electrons. The molecule has 7 heteroatoms. The Morgan fingerprint density at radius 1 is 1.00 bits per heavy atom. The lowest BCUT2D eigenvalue weighted by atomic mass is 9.86. The van der Waals surface area contributed by atoms with Crippen molar-refractivity contribution in [2.45, 2.75) is 51.0 Å². The van der Waals surface area contributed by atoms with Crippen molar-refractivity contribution in [3.63, 3.8) is 0 Å². The maximum atomic E-state index is 13.6. The number of nitrogens with one attached hydrogen (secondary N) is 1. The van der Waals surface area contributed by atoms with E-state index in [1.54, 1.807) is 48.5 Å². The molecule has 0 bridgehead atoms. The van der Waals surface area contributed by atoms with Gasteiger partial charge in [-0.25, -0.2) is 8.42 Å². The van der Waals surface area contributed by atoms with Gasteiger partial charge in [-0.15, -0.1) is 0 Å². The number of hydrogen-bond acceptors (Lipinski definition) is 4. The van der Waals surface area contributed by atoms with Gasteiger partial charge in [0, 0.05) is 6.07 Å². The predicted molar refractivity (Wildman–Crippen MR) is 140 cm³/mol. The van der Waals surface area contributed by atoms with Gasteiger partial charge >= 0.3 is 0 Å². The second-order valence-electron chi connectivity index (χ2n) is 9.69. The largest absolute Gasteiger partial charge is 0.497 e. The third kappa shape index (κ3) is 6.42. The molecule has 3 rings (SSSR count). The molecule has 0 spiro atoms. The third-order valence-electron chi connectivity index (χ3n) is 5.89. The zero-order valence-corrected chi connectivity index (χ0v) is 22.0. The Labute approximate surface area is 209 Å². The van der Waals surface area contributed by atoms with E-state index in [-0.39, 0.29) is 22.9 Å². The molecule has 35 heavy (non-hydrogen) atoms. The van der Waals surface area contributed by atoms with E-state index >= 15 is 0 Å². The van der Waals surface area contributed by atoms with Gasteiger partial charge in [-0.1, -0.05) is 68.8 Å². The molecule has 1 N–H and O–H groups in total. The van der Waals surface area contributed by atoms with Crippen LogP contribution in [0.1, 0.15) is 50.4 Å². The molecule has 3 aromatic carbocycles. The Balaban J connectivity index is 1.87. The fraction of sp³-hybridized carbons (Fsp3) is 0.321. The minimum atomic E-state index is -4.00. The molecule has 0 aliphatic carbocycles. The smallest absolute Gasteiger partial charge is 0.264 e. The summed E-state index contributed by atoms with van der Waals surface area (Å²) in [6.45, 7) is 9.85. The lowest BCUT2D eigenvalue weighted by Gasteiger charge is -2.26. The number of aryl methyl sites for hydroxylation is 1. The number of benzene rings is 3. The maximum absolute atomic E-state index is 13.6. The van der Waals surface area contributed by atoms with Crippen molar-refractivity contribution in [3.8, 4) is 5.75 Å². The number of methoxy groups -OCH3 is 1. The molecule has 0 aliphatic heterocycles. The van der Waals surface area contributed by atoms with E-state index in [1.807, 2.05) is 26.0 Å². The second-order valence-corrected chi connectivity index (χ2v) is 11.5. The molecule has 0 aromatic heterocycles. The number of anilines is 1. The molecule has 0 fully saturated rings. The first kappa shape index (κ1) is 26.3. The highest BCUT2D eigenvalue weighted by Crippen LogP contribution is 2.28. The fourth-order valence-corrected chi connectivity index (χ4v) is 5.10. The van der Waals surface area contributed by atoms with Gasteiger partial charge < -0.3 is 10.1 Å². The summed E-state index contributed by atoms with van der Waals surface area (Å²) in [5, 5.41) is 2.94. The van der Waals surface area contributed by atoms with Crippen molar-refractivity contribution in [1.29, 1.82) is 0 Å². The molecule has 1 amide bonds. The fourth-order valence-electron chi connectivity index (χ4n) is 3.69.